The van der Waals surface area contributed by atoms with Crippen molar-refractivity contribution in [1.82, 2.24) is 4.57 Å². The highest BCUT2D eigenvalue weighted by atomic mass is 16.5. The zero-order valence-corrected chi connectivity index (χ0v) is 19.7. The Morgan fingerprint density at radius 1 is 0.794 bits per heavy atom. The predicted octanol–water partition coefficient (Wildman–Crippen LogP) is 4.78. The number of rotatable bonds is 6. The van der Waals surface area contributed by atoms with Gasteiger partial charge in [0.05, 0.1) is 28.4 Å². The monoisotopic (exact) mass is 459 g/mol. The van der Waals surface area contributed by atoms with Gasteiger partial charge < -0.3 is 18.9 Å². The molecule has 0 saturated carbocycles. The highest BCUT2D eigenvalue weighted by molar-refractivity contribution is 6.07. The van der Waals surface area contributed by atoms with Crippen LogP contribution in [0.25, 0.3) is 27.6 Å². The number of pyridine rings is 1. The molecule has 0 amide bonds. The van der Waals surface area contributed by atoms with Gasteiger partial charge in [-0.05, 0) is 48.2 Å². The van der Waals surface area contributed by atoms with Crippen LogP contribution in [0.5, 0.6) is 17.2 Å². The molecule has 34 heavy (non-hydrogen) atoms. The molecule has 0 atom stereocenters. The fourth-order valence-corrected chi connectivity index (χ4v) is 4.14. The second-order valence-corrected chi connectivity index (χ2v) is 7.65. The van der Waals surface area contributed by atoms with E-state index in [4.69, 9.17) is 18.9 Å². The number of nitrogens with zero attached hydrogens (tertiary/aromatic N) is 1. The number of aryl methyl sites for hydroxylation is 1. The Balaban J connectivity index is 2.26. The molecular formula is C27H25NO6. The third-order valence-corrected chi connectivity index (χ3v) is 5.68. The number of hydrogen-bond donors (Lipinski definition) is 0. The molecule has 0 bridgehead atoms. The van der Waals surface area contributed by atoms with Gasteiger partial charge >= 0.3 is 5.97 Å². The summed E-state index contributed by atoms with van der Waals surface area (Å²) in [4.78, 5) is 26.9. The van der Waals surface area contributed by atoms with Gasteiger partial charge in [0, 0.05) is 16.6 Å². The normalized spacial score (nSPS) is 10.7. The fourth-order valence-electron chi connectivity index (χ4n) is 4.14. The summed E-state index contributed by atoms with van der Waals surface area (Å²) in [6.07, 6.45) is 0. The first-order valence-corrected chi connectivity index (χ1v) is 10.6. The van der Waals surface area contributed by atoms with E-state index in [9.17, 15) is 9.59 Å². The number of ether oxygens (including phenoxy) is 4. The van der Waals surface area contributed by atoms with Crippen molar-refractivity contribution < 1.29 is 23.7 Å². The second-order valence-electron chi connectivity index (χ2n) is 7.65. The van der Waals surface area contributed by atoms with Crippen molar-refractivity contribution in [2.45, 2.75) is 6.92 Å². The van der Waals surface area contributed by atoms with Crippen LogP contribution < -0.4 is 19.8 Å². The lowest BCUT2D eigenvalue weighted by Gasteiger charge is -2.20. The molecule has 174 valence electrons. The molecule has 0 saturated heterocycles. The SMILES string of the molecule is COC(=O)c1c(-c2cc(OC)c(OC)c(OC)c2)c2cc(C)ccc2c(=O)n1-c1ccccc1. The molecule has 0 aliphatic carbocycles. The van der Waals surface area contributed by atoms with E-state index in [1.54, 1.807) is 42.5 Å². The minimum absolute atomic E-state index is 0.103. The molecular weight excluding hydrogens is 434 g/mol. The largest absolute Gasteiger partial charge is 0.493 e. The first-order valence-electron chi connectivity index (χ1n) is 10.6. The van der Waals surface area contributed by atoms with Crippen molar-refractivity contribution in [3.8, 4) is 34.1 Å². The third kappa shape index (κ3) is 3.75. The van der Waals surface area contributed by atoms with Crippen LogP contribution in [0.4, 0.5) is 0 Å². The van der Waals surface area contributed by atoms with Gasteiger partial charge in [-0.3, -0.25) is 9.36 Å². The summed E-state index contributed by atoms with van der Waals surface area (Å²) in [6.45, 7) is 1.93. The van der Waals surface area contributed by atoms with Crippen LogP contribution >= 0.6 is 0 Å². The van der Waals surface area contributed by atoms with Crippen molar-refractivity contribution in [1.29, 1.82) is 0 Å². The van der Waals surface area contributed by atoms with E-state index < -0.39 is 5.97 Å². The molecule has 0 N–H and O–H groups in total. The van der Waals surface area contributed by atoms with E-state index in [0.717, 1.165) is 5.56 Å². The van der Waals surface area contributed by atoms with Gasteiger partial charge in [0.2, 0.25) is 5.75 Å². The smallest absolute Gasteiger partial charge is 0.355 e. The Bertz CT molecular complexity index is 1410. The van der Waals surface area contributed by atoms with E-state index >= 15 is 0 Å². The second kappa shape index (κ2) is 9.31. The molecule has 0 spiro atoms. The number of para-hydroxylation sites is 1. The molecule has 4 rings (SSSR count). The van der Waals surface area contributed by atoms with Crippen molar-refractivity contribution in [3.05, 3.63) is 82.3 Å². The zero-order valence-electron chi connectivity index (χ0n) is 19.7. The molecule has 1 heterocycles. The number of hydrogen-bond acceptors (Lipinski definition) is 6. The summed E-state index contributed by atoms with van der Waals surface area (Å²) in [7, 11) is 5.86. The number of aromatic nitrogens is 1. The maximum atomic E-state index is 13.7. The predicted molar refractivity (Wildman–Crippen MR) is 131 cm³/mol. The molecule has 1 aromatic heterocycles. The lowest BCUT2D eigenvalue weighted by molar-refractivity contribution is 0.0591. The number of carbonyl (C=O) groups is 1. The van der Waals surface area contributed by atoms with Crippen LogP contribution in [-0.4, -0.2) is 39.0 Å². The number of fused-ring (bicyclic) bond motifs is 1. The molecule has 3 aromatic carbocycles. The van der Waals surface area contributed by atoms with E-state index in [-0.39, 0.29) is 11.3 Å². The minimum atomic E-state index is -0.645. The Morgan fingerprint density at radius 2 is 1.44 bits per heavy atom. The van der Waals surface area contributed by atoms with Crippen molar-refractivity contribution >= 4 is 16.7 Å². The number of benzene rings is 3. The molecule has 0 radical (unpaired) electrons. The quantitative estimate of drug-likeness (QED) is 0.386. The Morgan fingerprint density at radius 3 is 2.00 bits per heavy atom. The number of carbonyl (C=O) groups excluding carboxylic acids is 1. The molecule has 4 aromatic rings. The van der Waals surface area contributed by atoms with Crippen molar-refractivity contribution in [2.75, 3.05) is 28.4 Å². The van der Waals surface area contributed by atoms with Crippen LogP contribution in [-0.2, 0) is 4.74 Å². The summed E-state index contributed by atoms with van der Waals surface area (Å²) < 4.78 is 23.1. The van der Waals surface area contributed by atoms with Gasteiger partial charge in [-0.15, -0.1) is 0 Å². The van der Waals surface area contributed by atoms with E-state index in [2.05, 4.69) is 0 Å². The summed E-state index contributed by atoms with van der Waals surface area (Å²) in [6, 6.07) is 18.0. The first kappa shape index (κ1) is 22.9. The van der Waals surface area contributed by atoms with Crippen LogP contribution in [0.1, 0.15) is 16.1 Å². The topological polar surface area (TPSA) is 76.0 Å². The molecule has 0 fully saturated rings. The van der Waals surface area contributed by atoms with Crippen LogP contribution in [0.3, 0.4) is 0 Å². The zero-order chi connectivity index (χ0) is 24.4. The van der Waals surface area contributed by atoms with Crippen LogP contribution in [0.15, 0.2) is 65.5 Å². The maximum Gasteiger partial charge on any atom is 0.355 e. The third-order valence-electron chi connectivity index (χ3n) is 5.68. The maximum absolute atomic E-state index is 13.7. The van der Waals surface area contributed by atoms with Gasteiger partial charge in [-0.25, -0.2) is 4.79 Å². The van der Waals surface area contributed by atoms with E-state index in [1.807, 2.05) is 25.1 Å². The van der Waals surface area contributed by atoms with Gasteiger partial charge in [-0.2, -0.15) is 0 Å². The van der Waals surface area contributed by atoms with Gasteiger partial charge in [0.1, 0.15) is 5.69 Å². The van der Waals surface area contributed by atoms with E-state index in [1.165, 1.54) is 33.0 Å². The van der Waals surface area contributed by atoms with Crippen molar-refractivity contribution in [3.63, 3.8) is 0 Å². The number of methoxy groups -OCH3 is 4. The van der Waals surface area contributed by atoms with Gasteiger partial charge in [0.25, 0.3) is 5.56 Å². The van der Waals surface area contributed by atoms with Gasteiger partial charge in [-0.1, -0.05) is 35.9 Å². The Labute approximate surface area is 197 Å². The highest BCUT2D eigenvalue weighted by Crippen LogP contribution is 2.43. The first-order chi connectivity index (χ1) is 16.4. The average molecular weight is 459 g/mol. The van der Waals surface area contributed by atoms with Crippen LogP contribution in [0.2, 0.25) is 0 Å². The summed E-state index contributed by atoms with van der Waals surface area (Å²) in [5, 5.41) is 1.08. The molecule has 0 unspecified atom stereocenters. The fraction of sp³-hybridized carbons (Fsp3) is 0.185. The molecule has 0 aliphatic heterocycles. The molecule has 0 aliphatic rings. The van der Waals surface area contributed by atoms with Crippen molar-refractivity contribution in [2.24, 2.45) is 0 Å². The lowest BCUT2D eigenvalue weighted by Crippen LogP contribution is -2.26. The highest BCUT2D eigenvalue weighted by Gasteiger charge is 2.27. The Kier molecular flexibility index (Phi) is 6.27. The molecule has 7 nitrogen and oxygen atoms in total. The average Bonchev–Trinajstić information content (AvgIpc) is 2.87. The Hall–Kier alpha value is -4.26. The molecule has 7 heteroatoms. The van der Waals surface area contributed by atoms with Crippen LogP contribution in [0, 0.1) is 6.92 Å². The van der Waals surface area contributed by atoms with Gasteiger partial charge in [0.15, 0.2) is 11.5 Å². The number of esters is 1. The standard InChI is InChI=1S/C27H25NO6/c1-16-11-12-19-20(13-16)23(17-14-21(31-2)25(33-4)22(15-17)32-3)24(27(30)34-5)28(26(19)29)18-9-7-6-8-10-18/h6-15H,1-5H3. The summed E-state index contributed by atoms with van der Waals surface area (Å²) >= 11 is 0. The minimum Gasteiger partial charge on any atom is -0.493 e. The summed E-state index contributed by atoms with van der Waals surface area (Å²) in [5.41, 5.74) is 2.39. The van der Waals surface area contributed by atoms with E-state index in [0.29, 0.717) is 44.8 Å². The summed E-state index contributed by atoms with van der Waals surface area (Å²) in [5.74, 6) is 0.621. The lowest BCUT2D eigenvalue weighted by atomic mass is 9.94.